The van der Waals surface area contributed by atoms with Crippen molar-refractivity contribution < 1.29 is 8.81 Å². The molecule has 0 aliphatic heterocycles. The van der Waals surface area contributed by atoms with Crippen molar-refractivity contribution in [2.75, 3.05) is 0 Å². The number of pyridine rings is 1. The maximum Gasteiger partial charge on any atom is 0.210 e. The third-order valence-corrected chi connectivity index (χ3v) is 2.65. The number of nitrogens with zero attached hydrogens (tertiary/aromatic N) is 2. The lowest BCUT2D eigenvalue weighted by atomic mass is 10.1. The average molecular weight is 243 g/mol. The number of hydrogen-bond donors (Lipinski definition) is 1. The Hall–Kier alpha value is -2.27. The minimum absolute atomic E-state index is 0.214. The van der Waals surface area contributed by atoms with Gasteiger partial charge in [-0.1, -0.05) is 18.2 Å². The highest BCUT2D eigenvalue weighted by molar-refractivity contribution is 5.76. The van der Waals surface area contributed by atoms with Crippen LogP contribution in [0, 0.1) is 5.82 Å². The highest BCUT2D eigenvalue weighted by Gasteiger charge is 2.09. The lowest BCUT2D eigenvalue weighted by molar-refractivity contribution is 0.533. The summed E-state index contributed by atoms with van der Waals surface area (Å²) in [6.45, 7) is 0.214. The molecule has 0 aliphatic carbocycles. The van der Waals surface area contributed by atoms with Crippen molar-refractivity contribution in [1.82, 2.24) is 9.97 Å². The fourth-order valence-corrected chi connectivity index (χ4v) is 1.79. The van der Waals surface area contributed by atoms with E-state index in [2.05, 4.69) is 9.97 Å². The molecule has 0 atom stereocenters. The lowest BCUT2D eigenvalue weighted by Gasteiger charge is -2.01. The first kappa shape index (κ1) is 10.9. The number of nitrogens with two attached hydrogens (primary N) is 1. The maximum absolute atomic E-state index is 13.7. The van der Waals surface area contributed by atoms with Gasteiger partial charge >= 0.3 is 0 Å². The van der Waals surface area contributed by atoms with Crippen LogP contribution in [-0.2, 0) is 6.54 Å². The summed E-state index contributed by atoms with van der Waals surface area (Å²) in [5, 5.41) is 0. The van der Waals surface area contributed by atoms with Crippen molar-refractivity contribution in [2.24, 2.45) is 5.73 Å². The fourth-order valence-electron chi connectivity index (χ4n) is 1.79. The monoisotopic (exact) mass is 243 g/mol. The number of fused-ring (bicyclic) bond motifs is 1. The van der Waals surface area contributed by atoms with Crippen molar-refractivity contribution in [1.29, 1.82) is 0 Å². The number of benzene rings is 1. The summed E-state index contributed by atoms with van der Waals surface area (Å²) < 4.78 is 19.1. The van der Waals surface area contributed by atoms with Gasteiger partial charge in [0.2, 0.25) is 5.89 Å². The molecule has 3 aromatic rings. The van der Waals surface area contributed by atoms with E-state index in [0.29, 0.717) is 28.2 Å². The Morgan fingerprint density at radius 3 is 2.89 bits per heavy atom. The molecule has 18 heavy (non-hydrogen) atoms. The summed E-state index contributed by atoms with van der Waals surface area (Å²) in [5.41, 5.74) is 7.57. The normalized spacial score (nSPS) is 11.0. The van der Waals surface area contributed by atoms with Crippen molar-refractivity contribution >= 4 is 11.2 Å². The molecule has 2 aromatic heterocycles. The van der Waals surface area contributed by atoms with Crippen molar-refractivity contribution in [3.8, 4) is 11.1 Å². The van der Waals surface area contributed by atoms with E-state index < -0.39 is 0 Å². The Morgan fingerprint density at radius 2 is 2.11 bits per heavy atom. The zero-order valence-corrected chi connectivity index (χ0v) is 9.43. The molecule has 2 heterocycles. The third-order valence-electron chi connectivity index (χ3n) is 2.65. The Labute approximate surface area is 102 Å². The minimum Gasteiger partial charge on any atom is -0.438 e. The molecule has 0 aliphatic rings. The van der Waals surface area contributed by atoms with E-state index in [-0.39, 0.29) is 12.4 Å². The molecule has 3 rings (SSSR count). The highest BCUT2D eigenvalue weighted by atomic mass is 19.1. The predicted molar refractivity (Wildman–Crippen MR) is 65.1 cm³/mol. The second kappa shape index (κ2) is 4.19. The van der Waals surface area contributed by atoms with Gasteiger partial charge in [-0.3, -0.25) is 0 Å². The average Bonchev–Trinajstić information content (AvgIpc) is 2.81. The first-order chi connectivity index (χ1) is 8.78. The van der Waals surface area contributed by atoms with E-state index in [0.717, 1.165) is 0 Å². The first-order valence-corrected chi connectivity index (χ1v) is 5.48. The topological polar surface area (TPSA) is 64.9 Å². The van der Waals surface area contributed by atoms with E-state index in [1.54, 1.807) is 30.5 Å². The molecule has 0 fully saturated rings. The summed E-state index contributed by atoms with van der Waals surface area (Å²) in [6.07, 6.45) is 1.57. The summed E-state index contributed by atoms with van der Waals surface area (Å²) in [5.74, 6) is 0.125. The van der Waals surface area contributed by atoms with Crippen LogP contribution in [0.15, 0.2) is 40.9 Å². The van der Waals surface area contributed by atoms with Gasteiger partial charge in [0, 0.05) is 17.3 Å². The van der Waals surface area contributed by atoms with E-state index >= 15 is 0 Å². The molecule has 0 unspecified atom stereocenters. The molecule has 0 bridgehead atoms. The van der Waals surface area contributed by atoms with Gasteiger partial charge in [-0.05, 0) is 12.1 Å². The zero-order chi connectivity index (χ0) is 12.5. The molecule has 1 aromatic carbocycles. The summed E-state index contributed by atoms with van der Waals surface area (Å²) in [7, 11) is 0. The summed E-state index contributed by atoms with van der Waals surface area (Å²) >= 11 is 0. The van der Waals surface area contributed by atoms with Crippen LogP contribution in [0.5, 0.6) is 0 Å². The van der Waals surface area contributed by atoms with Crippen molar-refractivity contribution in [3.63, 3.8) is 0 Å². The van der Waals surface area contributed by atoms with Crippen LogP contribution in [0.25, 0.3) is 22.4 Å². The molecule has 4 nitrogen and oxygen atoms in total. The van der Waals surface area contributed by atoms with Crippen LogP contribution in [0.3, 0.4) is 0 Å². The van der Waals surface area contributed by atoms with E-state index in [4.69, 9.17) is 10.2 Å². The molecule has 2 N–H and O–H groups in total. The summed E-state index contributed by atoms with van der Waals surface area (Å²) in [6, 6.07) is 8.23. The van der Waals surface area contributed by atoms with Gasteiger partial charge in [0.1, 0.15) is 5.82 Å². The summed E-state index contributed by atoms with van der Waals surface area (Å²) in [4.78, 5) is 8.23. The van der Waals surface area contributed by atoms with Crippen LogP contribution >= 0.6 is 0 Å². The van der Waals surface area contributed by atoms with E-state index in [9.17, 15) is 4.39 Å². The Bertz CT molecular complexity index is 708. The van der Waals surface area contributed by atoms with Crippen LogP contribution in [0.2, 0.25) is 0 Å². The SMILES string of the molecule is NCc1nc2ncc(-c3ccccc3F)cc2o1. The molecular formula is C13H10FN3O. The standard InChI is InChI=1S/C13H10FN3O/c14-10-4-2-1-3-9(10)8-5-11-13(16-7-8)17-12(6-15)18-11/h1-5,7H,6,15H2. The van der Waals surface area contributed by atoms with E-state index in [1.807, 2.05) is 0 Å². The molecule has 5 heteroatoms. The molecule has 0 saturated carbocycles. The quantitative estimate of drug-likeness (QED) is 0.751. The Morgan fingerprint density at radius 1 is 1.28 bits per heavy atom. The smallest absolute Gasteiger partial charge is 0.210 e. The Kier molecular flexibility index (Phi) is 2.53. The van der Waals surface area contributed by atoms with Crippen LogP contribution in [0.4, 0.5) is 4.39 Å². The van der Waals surface area contributed by atoms with Gasteiger partial charge in [-0.15, -0.1) is 0 Å². The number of aromatic nitrogens is 2. The van der Waals surface area contributed by atoms with Crippen LogP contribution < -0.4 is 5.73 Å². The second-order valence-corrected chi connectivity index (χ2v) is 3.84. The molecular weight excluding hydrogens is 233 g/mol. The Balaban J connectivity index is 2.16. The fraction of sp³-hybridized carbons (Fsp3) is 0.0769. The molecule has 0 spiro atoms. The van der Waals surface area contributed by atoms with Gasteiger partial charge in [-0.2, -0.15) is 4.98 Å². The second-order valence-electron chi connectivity index (χ2n) is 3.84. The molecule has 0 amide bonds. The van der Waals surface area contributed by atoms with Gasteiger partial charge in [0.25, 0.3) is 0 Å². The van der Waals surface area contributed by atoms with Crippen molar-refractivity contribution in [2.45, 2.75) is 6.54 Å². The zero-order valence-electron chi connectivity index (χ0n) is 9.43. The highest BCUT2D eigenvalue weighted by Crippen LogP contribution is 2.25. The third kappa shape index (κ3) is 1.74. The largest absolute Gasteiger partial charge is 0.438 e. The van der Waals surface area contributed by atoms with Gasteiger partial charge in [0.15, 0.2) is 11.2 Å². The van der Waals surface area contributed by atoms with Crippen LogP contribution in [0.1, 0.15) is 5.89 Å². The lowest BCUT2D eigenvalue weighted by Crippen LogP contribution is -1.95. The molecule has 0 saturated heterocycles. The number of hydrogen-bond acceptors (Lipinski definition) is 4. The number of halogens is 1. The number of oxazole rings is 1. The van der Waals surface area contributed by atoms with E-state index in [1.165, 1.54) is 6.07 Å². The van der Waals surface area contributed by atoms with Crippen molar-refractivity contribution in [3.05, 3.63) is 48.2 Å². The molecule has 90 valence electrons. The minimum atomic E-state index is -0.294. The van der Waals surface area contributed by atoms with Gasteiger partial charge in [-0.25, -0.2) is 9.37 Å². The number of rotatable bonds is 2. The van der Waals surface area contributed by atoms with Crippen LogP contribution in [-0.4, -0.2) is 9.97 Å². The maximum atomic E-state index is 13.7. The molecule has 0 radical (unpaired) electrons. The first-order valence-electron chi connectivity index (χ1n) is 5.48. The predicted octanol–water partition coefficient (Wildman–Crippen LogP) is 2.49. The van der Waals surface area contributed by atoms with Gasteiger partial charge < -0.3 is 10.2 Å². The van der Waals surface area contributed by atoms with Gasteiger partial charge in [0.05, 0.1) is 6.54 Å².